The number of aromatic nitrogens is 5. The Hall–Kier alpha value is -1.76. The Morgan fingerprint density at radius 3 is 3.18 bits per heavy atom. The van der Waals surface area contributed by atoms with Crippen molar-refractivity contribution in [1.29, 1.82) is 0 Å². The van der Waals surface area contributed by atoms with Gasteiger partial charge in [0.1, 0.15) is 6.33 Å². The van der Waals surface area contributed by atoms with E-state index < -0.39 is 0 Å². The van der Waals surface area contributed by atoms with E-state index in [4.69, 9.17) is 10.3 Å². The summed E-state index contributed by atoms with van der Waals surface area (Å²) in [5.41, 5.74) is 5.74. The Labute approximate surface area is 97.8 Å². The number of nitrogens with one attached hydrogen (secondary N) is 1. The average Bonchev–Trinajstić information content (AvgIpc) is 3.09. The first kappa shape index (κ1) is 10.4. The fraction of sp³-hybridized carbons (Fsp3) is 0.600. The Bertz CT molecular complexity index is 479. The van der Waals surface area contributed by atoms with Gasteiger partial charge in [-0.15, -0.1) is 0 Å². The van der Waals surface area contributed by atoms with Crippen molar-refractivity contribution < 1.29 is 4.52 Å². The molecular weight excluding hydrogens is 220 g/mol. The molecule has 1 fully saturated rings. The maximum absolute atomic E-state index is 5.74. The number of rotatable bonds is 3. The summed E-state index contributed by atoms with van der Waals surface area (Å²) in [5.74, 6) is 2.41. The van der Waals surface area contributed by atoms with Gasteiger partial charge in [-0.1, -0.05) is 11.6 Å². The van der Waals surface area contributed by atoms with E-state index in [1.54, 1.807) is 0 Å². The molecule has 1 saturated carbocycles. The van der Waals surface area contributed by atoms with Crippen LogP contribution in [0.1, 0.15) is 31.1 Å². The highest BCUT2D eigenvalue weighted by atomic mass is 16.5. The third-order valence-electron chi connectivity index (χ3n) is 3.35. The van der Waals surface area contributed by atoms with E-state index in [9.17, 15) is 0 Å². The maximum Gasteiger partial charge on any atom is 0.239 e. The van der Waals surface area contributed by atoms with E-state index in [0.717, 1.165) is 12.8 Å². The van der Waals surface area contributed by atoms with E-state index in [1.165, 1.54) is 12.7 Å². The summed E-state index contributed by atoms with van der Waals surface area (Å²) in [5, 5.41) is 10.4. The van der Waals surface area contributed by atoms with Crippen LogP contribution in [0.3, 0.4) is 0 Å². The number of nitrogens with zero attached hydrogens (tertiary/aromatic N) is 4. The number of hydrogen-bond acceptors (Lipinski definition) is 6. The summed E-state index contributed by atoms with van der Waals surface area (Å²) in [6, 6.07) is 0. The third kappa shape index (κ3) is 1.82. The van der Waals surface area contributed by atoms with Crippen molar-refractivity contribution in [3.8, 4) is 11.6 Å². The SMILES string of the molecule is NCC1CCCC1c1nc(-c2ncn[nH]2)no1. The van der Waals surface area contributed by atoms with Crippen LogP contribution in [0, 0.1) is 5.92 Å². The molecule has 3 rings (SSSR count). The summed E-state index contributed by atoms with van der Waals surface area (Å²) >= 11 is 0. The van der Waals surface area contributed by atoms with Gasteiger partial charge in [-0.2, -0.15) is 10.1 Å². The zero-order valence-electron chi connectivity index (χ0n) is 9.33. The zero-order chi connectivity index (χ0) is 11.7. The molecule has 0 amide bonds. The highest BCUT2D eigenvalue weighted by molar-refractivity contribution is 5.39. The molecule has 1 aliphatic rings. The van der Waals surface area contributed by atoms with Gasteiger partial charge in [-0.25, -0.2) is 4.98 Å². The molecule has 90 valence electrons. The molecule has 2 atom stereocenters. The van der Waals surface area contributed by atoms with Gasteiger partial charge in [0.2, 0.25) is 11.7 Å². The van der Waals surface area contributed by atoms with Gasteiger partial charge >= 0.3 is 0 Å². The largest absolute Gasteiger partial charge is 0.339 e. The Morgan fingerprint density at radius 2 is 2.41 bits per heavy atom. The van der Waals surface area contributed by atoms with E-state index in [2.05, 4.69) is 25.3 Å². The van der Waals surface area contributed by atoms with Crippen molar-refractivity contribution in [2.75, 3.05) is 6.54 Å². The summed E-state index contributed by atoms with van der Waals surface area (Å²) in [4.78, 5) is 8.36. The van der Waals surface area contributed by atoms with Crippen LogP contribution in [-0.2, 0) is 0 Å². The summed E-state index contributed by atoms with van der Waals surface area (Å²) in [6.45, 7) is 0.671. The lowest BCUT2D eigenvalue weighted by Crippen LogP contribution is -2.17. The molecule has 0 bridgehead atoms. The van der Waals surface area contributed by atoms with E-state index in [-0.39, 0.29) is 0 Å². The standard InChI is InChI=1S/C10H14N6O/c11-4-6-2-1-3-7(6)10-14-9(16-17-10)8-12-5-13-15-8/h5-7H,1-4,11H2,(H,12,13,15). The van der Waals surface area contributed by atoms with Crippen LogP contribution in [0.25, 0.3) is 11.6 Å². The van der Waals surface area contributed by atoms with Crippen molar-refractivity contribution >= 4 is 0 Å². The topological polar surface area (TPSA) is 107 Å². The number of nitrogens with two attached hydrogens (primary N) is 1. The van der Waals surface area contributed by atoms with Crippen LogP contribution in [0.4, 0.5) is 0 Å². The van der Waals surface area contributed by atoms with E-state index in [1.807, 2.05) is 0 Å². The predicted molar refractivity (Wildman–Crippen MR) is 58.8 cm³/mol. The molecule has 0 spiro atoms. The lowest BCUT2D eigenvalue weighted by atomic mass is 9.96. The minimum Gasteiger partial charge on any atom is -0.339 e. The summed E-state index contributed by atoms with van der Waals surface area (Å²) in [6.07, 6.45) is 4.80. The lowest BCUT2D eigenvalue weighted by molar-refractivity contribution is 0.326. The first-order chi connectivity index (χ1) is 8.38. The number of H-pyrrole nitrogens is 1. The lowest BCUT2D eigenvalue weighted by Gasteiger charge is -2.12. The molecule has 1 aliphatic carbocycles. The second kappa shape index (κ2) is 4.25. The van der Waals surface area contributed by atoms with Gasteiger partial charge in [0, 0.05) is 5.92 Å². The van der Waals surface area contributed by atoms with Crippen molar-refractivity contribution in [2.45, 2.75) is 25.2 Å². The minimum absolute atomic E-state index is 0.296. The van der Waals surface area contributed by atoms with Crippen LogP contribution < -0.4 is 5.73 Å². The molecule has 7 nitrogen and oxygen atoms in total. The molecule has 3 N–H and O–H groups in total. The molecule has 2 aromatic heterocycles. The van der Waals surface area contributed by atoms with Crippen LogP contribution in [0.15, 0.2) is 10.9 Å². The predicted octanol–water partition coefficient (Wildman–Crippen LogP) is 0.697. The smallest absolute Gasteiger partial charge is 0.239 e. The molecule has 2 heterocycles. The highest BCUT2D eigenvalue weighted by Gasteiger charge is 2.32. The first-order valence-corrected chi connectivity index (χ1v) is 5.78. The molecule has 0 aromatic carbocycles. The van der Waals surface area contributed by atoms with E-state index >= 15 is 0 Å². The normalized spacial score (nSPS) is 24.3. The van der Waals surface area contributed by atoms with E-state index in [0.29, 0.717) is 35.9 Å². The Morgan fingerprint density at radius 1 is 1.47 bits per heavy atom. The van der Waals surface area contributed by atoms with Crippen molar-refractivity contribution in [3.63, 3.8) is 0 Å². The molecule has 7 heteroatoms. The van der Waals surface area contributed by atoms with Gasteiger partial charge in [-0.05, 0) is 25.3 Å². The second-order valence-corrected chi connectivity index (χ2v) is 4.32. The van der Waals surface area contributed by atoms with Crippen molar-refractivity contribution in [1.82, 2.24) is 25.3 Å². The van der Waals surface area contributed by atoms with Crippen molar-refractivity contribution in [3.05, 3.63) is 12.2 Å². The molecule has 0 saturated heterocycles. The minimum atomic E-state index is 0.296. The summed E-state index contributed by atoms with van der Waals surface area (Å²) in [7, 11) is 0. The second-order valence-electron chi connectivity index (χ2n) is 4.32. The fourth-order valence-corrected chi connectivity index (χ4v) is 2.44. The van der Waals surface area contributed by atoms with Crippen LogP contribution in [0.5, 0.6) is 0 Å². The molecule has 0 aliphatic heterocycles. The number of hydrogen-bond donors (Lipinski definition) is 2. The van der Waals surface area contributed by atoms with Gasteiger partial charge in [0.25, 0.3) is 0 Å². The zero-order valence-corrected chi connectivity index (χ0v) is 9.33. The number of aromatic amines is 1. The summed E-state index contributed by atoms with van der Waals surface area (Å²) < 4.78 is 5.30. The molecule has 2 aromatic rings. The Balaban J connectivity index is 1.85. The monoisotopic (exact) mass is 234 g/mol. The quantitative estimate of drug-likeness (QED) is 0.809. The first-order valence-electron chi connectivity index (χ1n) is 5.78. The van der Waals surface area contributed by atoms with Gasteiger partial charge in [0.15, 0.2) is 5.82 Å². The van der Waals surface area contributed by atoms with Gasteiger partial charge < -0.3 is 10.3 Å². The molecule has 17 heavy (non-hydrogen) atoms. The molecular formula is C10H14N6O. The van der Waals surface area contributed by atoms with Crippen LogP contribution in [-0.4, -0.2) is 31.9 Å². The van der Waals surface area contributed by atoms with Crippen LogP contribution in [0.2, 0.25) is 0 Å². The van der Waals surface area contributed by atoms with Crippen LogP contribution >= 0.6 is 0 Å². The van der Waals surface area contributed by atoms with Gasteiger partial charge in [0.05, 0.1) is 0 Å². The molecule has 0 radical (unpaired) electrons. The Kier molecular flexibility index (Phi) is 2.60. The third-order valence-corrected chi connectivity index (χ3v) is 3.35. The van der Waals surface area contributed by atoms with Crippen molar-refractivity contribution in [2.24, 2.45) is 11.7 Å². The van der Waals surface area contributed by atoms with Gasteiger partial charge in [-0.3, -0.25) is 5.10 Å². The average molecular weight is 234 g/mol. The molecule has 2 unspecified atom stereocenters. The fourth-order valence-electron chi connectivity index (χ4n) is 2.44. The highest BCUT2D eigenvalue weighted by Crippen LogP contribution is 2.38. The maximum atomic E-state index is 5.74.